The molecule has 0 bridgehead atoms. The molecule has 2 aromatic heterocycles. The lowest BCUT2D eigenvalue weighted by molar-refractivity contribution is -0.152. The Labute approximate surface area is 167 Å². The third kappa shape index (κ3) is 3.34. The minimum atomic E-state index is -0.417. The summed E-state index contributed by atoms with van der Waals surface area (Å²) in [5.41, 5.74) is 2.61. The predicted octanol–water partition coefficient (Wildman–Crippen LogP) is -0.176. The van der Waals surface area contributed by atoms with Gasteiger partial charge in [-0.25, -0.2) is 9.31 Å². The normalized spacial score (nSPS) is 23.4. The number of amides is 4. The number of ether oxygens (including phenoxy) is 1. The summed E-state index contributed by atoms with van der Waals surface area (Å²) >= 11 is 0. The van der Waals surface area contributed by atoms with Gasteiger partial charge < -0.3 is 9.64 Å². The van der Waals surface area contributed by atoms with Crippen LogP contribution in [0.15, 0.2) is 24.5 Å². The third-order valence-corrected chi connectivity index (χ3v) is 5.74. The molecule has 152 valence electrons. The molecule has 0 aliphatic carbocycles. The maximum absolute atomic E-state index is 12.2. The minimum Gasteiger partial charge on any atom is -0.369 e. The van der Waals surface area contributed by atoms with Crippen molar-refractivity contribution in [2.24, 2.45) is 0 Å². The van der Waals surface area contributed by atoms with Crippen LogP contribution in [-0.2, 0) is 20.9 Å². The molecule has 5 rings (SSSR count). The van der Waals surface area contributed by atoms with Crippen molar-refractivity contribution < 1.29 is 19.1 Å². The lowest BCUT2D eigenvalue weighted by Crippen LogP contribution is -2.59. The first-order chi connectivity index (χ1) is 14.1. The highest BCUT2D eigenvalue weighted by atomic mass is 16.5. The fourth-order valence-corrected chi connectivity index (χ4v) is 4.27. The van der Waals surface area contributed by atoms with Gasteiger partial charge in [0.25, 0.3) is 0 Å². The topological polar surface area (TPSA) is 99.5 Å². The van der Waals surface area contributed by atoms with Crippen LogP contribution in [0.5, 0.6) is 0 Å². The van der Waals surface area contributed by atoms with Crippen molar-refractivity contribution in [3.63, 3.8) is 0 Å². The molecule has 1 atom stereocenters. The van der Waals surface area contributed by atoms with E-state index in [9.17, 15) is 14.4 Å². The zero-order chi connectivity index (χ0) is 20.0. The first-order valence-electron chi connectivity index (χ1n) is 9.76. The van der Waals surface area contributed by atoms with E-state index < -0.39 is 6.03 Å². The minimum absolute atomic E-state index is 0.0736. The number of hydrogen-bond donors (Lipinski definition) is 1. The highest BCUT2D eigenvalue weighted by Crippen LogP contribution is 2.25. The largest absolute Gasteiger partial charge is 0.369 e. The van der Waals surface area contributed by atoms with E-state index in [1.807, 2.05) is 23.2 Å². The van der Waals surface area contributed by atoms with E-state index in [0.717, 1.165) is 37.3 Å². The van der Waals surface area contributed by atoms with Gasteiger partial charge in [-0.05, 0) is 17.7 Å². The molecular formula is C19H22N6O4. The molecule has 10 nitrogen and oxygen atoms in total. The SMILES string of the molecule is O=C1CCN(c2cnn3ccc(CN4CCN5C(=O)COC[C@H]5C4)cc23)C(=O)N1. The van der Waals surface area contributed by atoms with Crippen LogP contribution >= 0.6 is 0 Å². The van der Waals surface area contributed by atoms with Crippen molar-refractivity contribution in [3.05, 3.63) is 30.1 Å². The smallest absolute Gasteiger partial charge is 0.328 e. The number of carbonyl (C=O) groups excluding carboxylic acids is 3. The number of aromatic nitrogens is 2. The van der Waals surface area contributed by atoms with Crippen LogP contribution in [0.3, 0.4) is 0 Å². The van der Waals surface area contributed by atoms with Crippen LogP contribution in [-0.4, -0.2) is 82.7 Å². The highest BCUT2D eigenvalue weighted by Gasteiger charge is 2.33. The van der Waals surface area contributed by atoms with Crippen LogP contribution in [0, 0.1) is 0 Å². The molecule has 3 aliphatic heterocycles. The van der Waals surface area contributed by atoms with Crippen molar-refractivity contribution in [1.82, 2.24) is 24.7 Å². The van der Waals surface area contributed by atoms with Crippen molar-refractivity contribution in [1.29, 1.82) is 0 Å². The fourth-order valence-electron chi connectivity index (χ4n) is 4.27. The zero-order valence-electron chi connectivity index (χ0n) is 15.9. The lowest BCUT2D eigenvalue weighted by atomic mass is 10.1. The Hall–Kier alpha value is -2.98. The molecule has 1 N–H and O–H groups in total. The van der Waals surface area contributed by atoms with Gasteiger partial charge in [0.05, 0.1) is 30.0 Å². The molecule has 0 aromatic carbocycles. The number of piperazine rings is 1. The average Bonchev–Trinajstić information content (AvgIpc) is 3.11. The molecule has 3 fully saturated rings. The summed E-state index contributed by atoms with van der Waals surface area (Å²) in [6.45, 7) is 4.16. The standard InChI is InChI=1S/C19H22N6O4/c26-17-2-3-24(19(28)21-17)16-8-20-25-4-1-13(7-15(16)25)9-22-5-6-23-14(10-22)11-29-12-18(23)27/h1,4,7-8,14H,2-3,5-6,9-12H2,(H,21,26,28)/t14-/m1/s1. The third-order valence-electron chi connectivity index (χ3n) is 5.74. The number of anilines is 1. The Morgan fingerprint density at radius 3 is 2.97 bits per heavy atom. The van der Waals surface area contributed by atoms with Gasteiger partial charge in [-0.15, -0.1) is 0 Å². The molecule has 0 spiro atoms. The van der Waals surface area contributed by atoms with Crippen molar-refractivity contribution in [2.45, 2.75) is 19.0 Å². The van der Waals surface area contributed by atoms with Crippen molar-refractivity contribution >= 4 is 29.0 Å². The van der Waals surface area contributed by atoms with Crippen LogP contribution in [0.1, 0.15) is 12.0 Å². The van der Waals surface area contributed by atoms with Crippen LogP contribution in [0.25, 0.3) is 5.52 Å². The number of urea groups is 1. The van der Waals surface area contributed by atoms with E-state index in [2.05, 4.69) is 15.3 Å². The molecule has 3 saturated heterocycles. The monoisotopic (exact) mass is 398 g/mol. The molecule has 3 aliphatic rings. The van der Waals surface area contributed by atoms with Gasteiger partial charge in [-0.3, -0.25) is 24.7 Å². The number of nitrogens with one attached hydrogen (secondary N) is 1. The van der Waals surface area contributed by atoms with Crippen LogP contribution < -0.4 is 10.2 Å². The maximum Gasteiger partial charge on any atom is 0.328 e. The Morgan fingerprint density at radius 1 is 1.21 bits per heavy atom. The van der Waals surface area contributed by atoms with Crippen molar-refractivity contribution in [3.8, 4) is 0 Å². The van der Waals surface area contributed by atoms with E-state index in [0.29, 0.717) is 18.8 Å². The van der Waals surface area contributed by atoms with Gasteiger partial charge in [0.2, 0.25) is 11.8 Å². The van der Waals surface area contributed by atoms with Gasteiger partial charge in [0.15, 0.2) is 0 Å². The number of hydrogen-bond acceptors (Lipinski definition) is 6. The Balaban J connectivity index is 1.34. The molecule has 0 radical (unpaired) electrons. The van der Waals surface area contributed by atoms with E-state index in [-0.39, 0.29) is 30.9 Å². The summed E-state index contributed by atoms with van der Waals surface area (Å²) in [7, 11) is 0. The van der Waals surface area contributed by atoms with Crippen molar-refractivity contribution in [2.75, 3.05) is 44.3 Å². The molecule has 2 aromatic rings. The van der Waals surface area contributed by atoms with Gasteiger partial charge in [0.1, 0.15) is 6.61 Å². The summed E-state index contributed by atoms with van der Waals surface area (Å²) in [4.78, 5) is 41.4. The summed E-state index contributed by atoms with van der Waals surface area (Å²) in [5.74, 6) is -0.183. The molecule has 0 saturated carbocycles. The number of rotatable bonds is 3. The lowest BCUT2D eigenvalue weighted by Gasteiger charge is -2.43. The fraction of sp³-hybridized carbons (Fsp3) is 0.474. The summed E-state index contributed by atoms with van der Waals surface area (Å²) < 4.78 is 7.13. The second kappa shape index (κ2) is 7.12. The number of imide groups is 1. The average molecular weight is 398 g/mol. The summed E-state index contributed by atoms with van der Waals surface area (Å²) in [5, 5.41) is 6.68. The number of morpholine rings is 1. The predicted molar refractivity (Wildman–Crippen MR) is 102 cm³/mol. The van der Waals surface area contributed by atoms with Gasteiger partial charge >= 0.3 is 6.03 Å². The molecule has 5 heterocycles. The van der Waals surface area contributed by atoms with E-state index >= 15 is 0 Å². The first kappa shape index (κ1) is 18.1. The zero-order valence-corrected chi connectivity index (χ0v) is 15.9. The Kier molecular flexibility index (Phi) is 4.44. The number of fused-ring (bicyclic) bond motifs is 2. The van der Waals surface area contributed by atoms with Crippen LogP contribution in [0.2, 0.25) is 0 Å². The van der Waals surface area contributed by atoms with E-state index in [1.54, 1.807) is 15.6 Å². The molecular weight excluding hydrogens is 376 g/mol. The Morgan fingerprint density at radius 2 is 2.10 bits per heavy atom. The number of carbonyl (C=O) groups is 3. The molecule has 4 amide bonds. The molecule has 0 unspecified atom stereocenters. The maximum atomic E-state index is 12.2. The number of pyridine rings is 1. The summed E-state index contributed by atoms with van der Waals surface area (Å²) in [6, 6.07) is 3.73. The highest BCUT2D eigenvalue weighted by molar-refractivity contribution is 6.07. The first-order valence-corrected chi connectivity index (χ1v) is 9.76. The number of nitrogens with zero attached hydrogens (tertiary/aromatic N) is 5. The molecule has 10 heteroatoms. The second-order valence-corrected chi connectivity index (χ2v) is 7.64. The molecule has 29 heavy (non-hydrogen) atoms. The summed E-state index contributed by atoms with van der Waals surface area (Å²) in [6.07, 6.45) is 3.80. The second-order valence-electron chi connectivity index (χ2n) is 7.64. The van der Waals surface area contributed by atoms with Gasteiger partial charge in [0, 0.05) is 45.3 Å². The van der Waals surface area contributed by atoms with E-state index in [4.69, 9.17) is 4.74 Å². The van der Waals surface area contributed by atoms with Gasteiger partial charge in [-0.2, -0.15) is 5.10 Å². The Bertz CT molecular complexity index is 988. The van der Waals surface area contributed by atoms with Crippen LogP contribution in [0.4, 0.5) is 10.5 Å². The quantitative estimate of drug-likeness (QED) is 0.770. The van der Waals surface area contributed by atoms with E-state index in [1.165, 1.54) is 0 Å². The van der Waals surface area contributed by atoms with Gasteiger partial charge in [-0.1, -0.05) is 0 Å².